The van der Waals surface area contributed by atoms with E-state index in [1.807, 2.05) is 0 Å². The van der Waals surface area contributed by atoms with Gasteiger partial charge in [-0.1, -0.05) is 12.1 Å². The quantitative estimate of drug-likeness (QED) is 0.787. The van der Waals surface area contributed by atoms with Gasteiger partial charge in [0.25, 0.3) is 5.56 Å². The van der Waals surface area contributed by atoms with Crippen molar-refractivity contribution >= 4 is 5.97 Å². The summed E-state index contributed by atoms with van der Waals surface area (Å²) in [4.78, 5) is 25.0. The van der Waals surface area contributed by atoms with E-state index in [9.17, 15) is 22.8 Å². The maximum absolute atomic E-state index is 13.5. The smallest absolute Gasteiger partial charge is 0.421 e. The highest BCUT2D eigenvalue weighted by atomic mass is 19.4. The second-order valence-corrected chi connectivity index (χ2v) is 6.81. The zero-order valence-corrected chi connectivity index (χ0v) is 15.6. The van der Waals surface area contributed by atoms with Gasteiger partial charge in [-0.2, -0.15) is 18.3 Å². The van der Waals surface area contributed by atoms with E-state index in [0.717, 1.165) is 10.7 Å². The molecule has 7 nitrogen and oxygen atoms in total. The minimum absolute atomic E-state index is 0.0455. The third-order valence-corrected chi connectivity index (χ3v) is 4.83. The van der Waals surface area contributed by atoms with Crippen molar-refractivity contribution in [3.63, 3.8) is 0 Å². The summed E-state index contributed by atoms with van der Waals surface area (Å²) in [6.07, 6.45) is -3.73. The molecule has 10 heteroatoms. The van der Waals surface area contributed by atoms with Crippen molar-refractivity contribution in [1.29, 1.82) is 0 Å². The second kappa shape index (κ2) is 8.24. The number of aliphatic carboxylic acids is 1. The zero-order chi connectivity index (χ0) is 21.2. The van der Waals surface area contributed by atoms with Crippen LogP contribution in [0, 0.1) is 0 Å². The van der Waals surface area contributed by atoms with Crippen molar-refractivity contribution in [3.8, 4) is 5.75 Å². The lowest BCUT2D eigenvalue weighted by Crippen LogP contribution is -2.35. The molecule has 1 aromatic carbocycles. The Bertz CT molecular complexity index is 941. The van der Waals surface area contributed by atoms with Gasteiger partial charge in [-0.05, 0) is 43.1 Å². The number of hydrogen-bond acceptors (Lipinski definition) is 5. The van der Waals surface area contributed by atoms with Crippen LogP contribution in [0.15, 0.2) is 35.1 Å². The fourth-order valence-electron chi connectivity index (χ4n) is 3.46. The van der Waals surface area contributed by atoms with Crippen molar-refractivity contribution in [2.75, 3.05) is 20.2 Å². The van der Waals surface area contributed by atoms with Gasteiger partial charge < -0.3 is 9.84 Å². The third-order valence-electron chi connectivity index (χ3n) is 4.83. The lowest BCUT2D eigenvalue weighted by molar-refractivity contribution is -0.140. The zero-order valence-electron chi connectivity index (χ0n) is 15.6. The van der Waals surface area contributed by atoms with Crippen molar-refractivity contribution in [1.82, 2.24) is 14.7 Å². The van der Waals surface area contributed by atoms with Crippen LogP contribution in [0.25, 0.3) is 0 Å². The molecule has 0 amide bonds. The molecule has 2 heterocycles. The summed E-state index contributed by atoms with van der Waals surface area (Å²) in [5.74, 6) is -0.492. The Morgan fingerprint density at radius 3 is 2.59 bits per heavy atom. The molecule has 1 aliphatic rings. The highest BCUT2D eigenvalue weighted by Crippen LogP contribution is 2.33. The van der Waals surface area contributed by atoms with Crippen LogP contribution in [-0.4, -0.2) is 46.0 Å². The topological polar surface area (TPSA) is 84.7 Å². The van der Waals surface area contributed by atoms with Crippen LogP contribution in [0.2, 0.25) is 0 Å². The fraction of sp³-hybridized carbons (Fsp3) is 0.421. The largest absolute Gasteiger partial charge is 0.497 e. The maximum atomic E-state index is 13.5. The Balaban J connectivity index is 2.02. The lowest BCUT2D eigenvalue weighted by Gasteiger charge is -2.23. The molecule has 0 saturated carbocycles. The van der Waals surface area contributed by atoms with E-state index in [1.54, 1.807) is 29.2 Å². The number of benzene rings is 1. The molecule has 0 radical (unpaired) electrons. The Morgan fingerprint density at radius 1 is 1.31 bits per heavy atom. The molecule has 29 heavy (non-hydrogen) atoms. The monoisotopic (exact) mass is 411 g/mol. The molecule has 3 rings (SSSR count). The van der Waals surface area contributed by atoms with Gasteiger partial charge in [-0.15, -0.1) is 0 Å². The number of carbonyl (C=O) groups is 1. The molecule has 156 valence electrons. The van der Waals surface area contributed by atoms with Crippen molar-refractivity contribution in [2.24, 2.45) is 0 Å². The number of alkyl halides is 3. The number of methoxy groups -OCH3 is 1. The molecule has 1 aromatic heterocycles. The van der Waals surface area contributed by atoms with E-state index < -0.39 is 29.3 Å². The van der Waals surface area contributed by atoms with Crippen LogP contribution < -0.4 is 10.3 Å². The number of ether oxygens (including phenoxy) is 1. The molecule has 1 unspecified atom stereocenters. The summed E-state index contributed by atoms with van der Waals surface area (Å²) in [6.45, 7) is -0.00565. The van der Waals surface area contributed by atoms with Crippen LogP contribution in [0.5, 0.6) is 5.75 Å². The number of rotatable bonds is 6. The van der Waals surface area contributed by atoms with E-state index >= 15 is 0 Å². The fourth-order valence-corrected chi connectivity index (χ4v) is 3.46. The average Bonchev–Trinajstić information content (AvgIpc) is 3.10. The first-order valence-corrected chi connectivity index (χ1v) is 8.97. The van der Waals surface area contributed by atoms with Gasteiger partial charge in [0.15, 0.2) is 0 Å². The molecule has 1 saturated heterocycles. The summed E-state index contributed by atoms with van der Waals surface area (Å²) >= 11 is 0. The summed E-state index contributed by atoms with van der Waals surface area (Å²) in [6, 6.07) is 6.71. The first-order valence-electron chi connectivity index (χ1n) is 8.97. The van der Waals surface area contributed by atoms with Crippen molar-refractivity contribution in [3.05, 3.63) is 57.5 Å². The van der Waals surface area contributed by atoms with Crippen LogP contribution in [0.1, 0.15) is 35.7 Å². The van der Waals surface area contributed by atoms with E-state index in [4.69, 9.17) is 9.84 Å². The molecule has 0 spiro atoms. The number of likely N-dealkylation sites (tertiary alicyclic amines) is 1. The van der Waals surface area contributed by atoms with Crippen molar-refractivity contribution in [2.45, 2.75) is 31.6 Å². The summed E-state index contributed by atoms with van der Waals surface area (Å²) < 4.78 is 46.3. The lowest BCUT2D eigenvalue weighted by atomic mass is 10.1. The van der Waals surface area contributed by atoms with Crippen LogP contribution in [0.4, 0.5) is 13.2 Å². The molecule has 1 aliphatic heterocycles. The van der Waals surface area contributed by atoms with E-state index in [2.05, 4.69) is 5.10 Å². The van der Waals surface area contributed by atoms with Gasteiger partial charge >= 0.3 is 12.1 Å². The molecule has 1 fully saturated rings. The minimum atomic E-state index is -4.84. The Hall–Kier alpha value is -2.88. The Morgan fingerprint density at radius 2 is 2.00 bits per heavy atom. The molecule has 2 aromatic rings. The Kier molecular flexibility index (Phi) is 5.92. The van der Waals surface area contributed by atoms with E-state index in [1.165, 1.54) is 7.11 Å². The molecule has 1 atom stereocenters. The van der Waals surface area contributed by atoms with Crippen LogP contribution in [0.3, 0.4) is 0 Å². The van der Waals surface area contributed by atoms with Gasteiger partial charge in [-0.3, -0.25) is 14.5 Å². The van der Waals surface area contributed by atoms with Gasteiger partial charge in [0.05, 0.1) is 31.9 Å². The summed E-state index contributed by atoms with van der Waals surface area (Å²) in [7, 11) is 1.49. The molecular formula is C19H20F3N3O4. The molecule has 0 bridgehead atoms. The number of nitrogens with zero attached hydrogens (tertiary/aromatic N) is 3. The molecular weight excluding hydrogens is 391 g/mol. The highest BCUT2D eigenvalue weighted by Gasteiger charge is 2.37. The van der Waals surface area contributed by atoms with Gasteiger partial charge in [-0.25, -0.2) is 4.68 Å². The van der Waals surface area contributed by atoms with Gasteiger partial charge in [0, 0.05) is 0 Å². The number of halogens is 3. The van der Waals surface area contributed by atoms with Gasteiger partial charge in [0.2, 0.25) is 0 Å². The number of carboxylic acids is 1. The van der Waals surface area contributed by atoms with Gasteiger partial charge in [0.1, 0.15) is 11.3 Å². The summed E-state index contributed by atoms with van der Waals surface area (Å²) in [5, 5.41) is 13.2. The number of hydrogen-bond donors (Lipinski definition) is 1. The van der Waals surface area contributed by atoms with Crippen LogP contribution >= 0.6 is 0 Å². The third kappa shape index (κ3) is 4.76. The van der Waals surface area contributed by atoms with E-state index in [0.29, 0.717) is 30.7 Å². The normalized spacial score (nSPS) is 17.4. The standard InChI is InChI=1S/C19H20F3N3O4/c1-29-13-6-4-12(5-7-13)10-25-18(28)14(19(20,21)22)9-15(23-25)16-3-2-8-24(16)11-17(26)27/h4-7,9,16H,2-3,8,10-11H2,1H3,(H,26,27). The second-order valence-electron chi connectivity index (χ2n) is 6.81. The number of aromatic nitrogens is 2. The SMILES string of the molecule is COc1ccc(Cn2nc(C3CCCN3CC(=O)O)cc(C(F)(F)F)c2=O)cc1. The predicted octanol–water partition coefficient (Wildman–Crippen LogP) is 2.54. The first kappa shape index (κ1) is 20.8. The molecule has 0 aliphatic carbocycles. The van der Waals surface area contributed by atoms with E-state index in [-0.39, 0.29) is 18.8 Å². The highest BCUT2D eigenvalue weighted by molar-refractivity contribution is 5.69. The van der Waals surface area contributed by atoms with Crippen LogP contribution in [-0.2, 0) is 17.5 Å². The summed E-state index contributed by atoms with van der Waals surface area (Å²) in [5.41, 5.74) is -1.92. The number of carboxylic acid groups (broad SMARTS) is 1. The molecule has 1 N–H and O–H groups in total. The first-order chi connectivity index (χ1) is 13.7. The predicted molar refractivity (Wildman–Crippen MR) is 96.8 cm³/mol. The Labute approximate surface area is 164 Å². The van der Waals surface area contributed by atoms with Crippen molar-refractivity contribution < 1.29 is 27.8 Å². The average molecular weight is 411 g/mol. The minimum Gasteiger partial charge on any atom is -0.497 e. The maximum Gasteiger partial charge on any atom is 0.421 e.